The number of nitrogens with one attached hydrogen (secondary N) is 2. The number of Topliss-reactive ketones (excluding diaryl/α,β-unsaturated/α-hetero) is 1. The van der Waals surface area contributed by atoms with Crippen molar-refractivity contribution < 1.29 is 23.9 Å². The molecule has 0 saturated carbocycles. The van der Waals surface area contributed by atoms with Crippen molar-refractivity contribution in [3.63, 3.8) is 0 Å². The smallest absolute Gasteiger partial charge is 0.408 e. The zero-order valence-corrected chi connectivity index (χ0v) is 15.9. The van der Waals surface area contributed by atoms with Crippen LogP contribution in [-0.2, 0) is 25.7 Å². The van der Waals surface area contributed by atoms with E-state index in [1.807, 2.05) is 30.3 Å². The molecule has 27 heavy (non-hydrogen) atoms. The molecule has 2 atom stereocenters. The number of primary amides is 1. The largest absolute Gasteiger partial charge is 0.445 e. The van der Waals surface area contributed by atoms with Crippen molar-refractivity contribution in [1.82, 2.24) is 10.6 Å². The van der Waals surface area contributed by atoms with Crippen molar-refractivity contribution in [2.75, 3.05) is 0 Å². The number of benzene rings is 1. The number of rotatable bonds is 10. The number of ether oxygens (including phenoxy) is 1. The van der Waals surface area contributed by atoms with E-state index >= 15 is 0 Å². The second kappa shape index (κ2) is 10.9. The summed E-state index contributed by atoms with van der Waals surface area (Å²) in [6, 6.07) is 7.23. The van der Waals surface area contributed by atoms with Gasteiger partial charge in [-0.05, 0) is 24.8 Å². The Balaban J connectivity index is 2.64. The average molecular weight is 377 g/mol. The molecule has 1 aromatic rings. The third-order valence-electron chi connectivity index (χ3n) is 3.88. The van der Waals surface area contributed by atoms with Crippen LogP contribution in [0.1, 0.15) is 39.2 Å². The van der Waals surface area contributed by atoms with Gasteiger partial charge in [-0.25, -0.2) is 4.79 Å². The summed E-state index contributed by atoms with van der Waals surface area (Å²) in [6.45, 7) is 4.95. The monoisotopic (exact) mass is 377 g/mol. The fraction of sp³-hybridized carbons (Fsp3) is 0.474. The quantitative estimate of drug-likeness (QED) is 0.566. The summed E-state index contributed by atoms with van der Waals surface area (Å²) in [5.74, 6) is -1.66. The molecule has 0 spiro atoms. The van der Waals surface area contributed by atoms with Crippen LogP contribution in [-0.4, -0.2) is 35.8 Å². The number of hydrogen-bond acceptors (Lipinski definition) is 5. The summed E-state index contributed by atoms with van der Waals surface area (Å²) in [4.78, 5) is 47.1. The van der Waals surface area contributed by atoms with E-state index in [0.29, 0.717) is 0 Å². The van der Waals surface area contributed by atoms with E-state index in [1.54, 1.807) is 13.8 Å². The van der Waals surface area contributed by atoms with Crippen molar-refractivity contribution >= 4 is 23.7 Å². The van der Waals surface area contributed by atoms with E-state index in [0.717, 1.165) is 5.56 Å². The molecule has 148 valence electrons. The molecule has 0 saturated heterocycles. The third-order valence-corrected chi connectivity index (χ3v) is 3.88. The number of carbonyl (C=O) groups excluding carboxylic acids is 4. The summed E-state index contributed by atoms with van der Waals surface area (Å²) in [6.07, 6.45) is -0.515. The molecule has 0 aromatic heterocycles. The van der Waals surface area contributed by atoms with Crippen LogP contribution >= 0.6 is 0 Å². The minimum absolute atomic E-state index is 0.0711. The van der Waals surface area contributed by atoms with Gasteiger partial charge in [-0.2, -0.15) is 0 Å². The number of hydrogen-bond donors (Lipinski definition) is 3. The molecular formula is C19H27N3O5. The molecule has 0 fully saturated rings. The topological polar surface area (TPSA) is 128 Å². The predicted molar refractivity (Wildman–Crippen MR) is 99.4 cm³/mol. The minimum Gasteiger partial charge on any atom is -0.445 e. The van der Waals surface area contributed by atoms with Crippen molar-refractivity contribution in [3.8, 4) is 0 Å². The summed E-state index contributed by atoms with van der Waals surface area (Å²) < 4.78 is 5.12. The molecule has 0 aliphatic heterocycles. The molecule has 8 nitrogen and oxygen atoms in total. The molecule has 1 aromatic carbocycles. The molecule has 8 heteroatoms. The van der Waals surface area contributed by atoms with Crippen LogP contribution < -0.4 is 16.4 Å². The first-order chi connectivity index (χ1) is 12.7. The van der Waals surface area contributed by atoms with Crippen LogP contribution in [0.3, 0.4) is 0 Å². The fourth-order valence-corrected chi connectivity index (χ4v) is 2.32. The van der Waals surface area contributed by atoms with Gasteiger partial charge >= 0.3 is 6.09 Å². The molecule has 0 heterocycles. The number of amides is 3. The van der Waals surface area contributed by atoms with E-state index < -0.39 is 30.0 Å². The van der Waals surface area contributed by atoms with E-state index in [4.69, 9.17) is 10.5 Å². The van der Waals surface area contributed by atoms with Gasteiger partial charge in [0.05, 0.1) is 0 Å². The van der Waals surface area contributed by atoms with Crippen LogP contribution in [0.4, 0.5) is 4.79 Å². The van der Waals surface area contributed by atoms with Gasteiger partial charge in [0.1, 0.15) is 24.5 Å². The van der Waals surface area contributed by atoms with Crippen molar-refractivity contribution in [2.24, 2.45) is 11.7 Å². The summed E-state index contributed by atoms with van der Waals surface area (Å²) in [5, 5.41) is 5.00. The molecule has 0 bridgehead atoms. The Hall–Kier alpha value is -2.90. The Labute approximate surface area is 158 Å². The number of nitrogens with two attached hydrogens (primary N) is 1. The second-order valence-corrected chi connectivity index (χ2v) is 6.63. The third kappa shape index (κ3) is 8.35. The van der Waals surface area contributed by atoms with Crippen molar-refractivity contribution in [1.29, 1.82) is 0 Å². The van der Waals surface area contributed by atoms with Crippen LogP contribution in [0.2, 0.25) is 0 Å². The van der Waals surface area contributed by atoms with Gasteiger partial charge in [0.2, 0.25) is 11.8 Å². The Morgan fingerprint density at radius 1 is 1.07 bits per heavy atom. The van der Waals surface area contributed by atoms with Gasteiger partial charge < -0.3 is 25.9 Å². The van der Waals surface area contributed by atoms with Gasteiger partial charge in [-0.15, -0.1) is 0 Å². The zero-order chi connectivity index (χ0) is 20.4. The Bertz CT molecular complexity index is 661. The van der Waals surface area contributed by atoms with E-state index in [-0.39, 0.29) is 31.1 Å². The van der Waals surface area contributed by atoms with E-state index in [2.05, 4.69) is 10.6 Å². The van der Waals surface area contributed by atoms with Crippen LogP contribution in [0, 0.1) is 5.92 Å². The van der Waals surface area contributed by atoms with Gasteiger partial charge in [0.25, 0.3) is 0 Å². The molecular weight excluding hydrogens is 350 g/mol. The van der Waals surface area contributed by atoms with Gasteiger partial charge in [0.15, 0.2) is 0 Å². The maximum atomic E-state index is 12.5. The highest BCUT2D eigenvalue weighted by Crippen LogP contribution is 2.06. The van der Waals surface area contributed by atoms with Crippen LogP contribution in [0.15, 0.2) is 30.3 Å². The van der Waals surface area contributed by atoms with Crippen molar-refractivity contribution in [3.05, 3.63) is 35.9 Å². The molecule has 0 aliphatic rings. The molecule has 1 rings (SSSR count). The Morgan fingerprint density at radius 2 is 1.70 bits per heavy atom. The van der Waals surface area contributed by atoms with E-state index in [1.165, 1.54) is 6.92 Å². The highest BCUT2D eigenvalue weighted by molar-refractivity contribution is 5.91. The lowest BCUT2D eigenvalue weighted by Crippen LogP contribution is -2.54. The van der Waals surface area contributed by atoms with Crippen LogP contribution in [0.5, 0.6) is 0 Å². The minimum atomic E-state index is -0.982. The number of carbonyl (C=O) groups is 4. The molecule has 0 radical (unpaired) electrons. The van der Waals surface area contributed by atoms with E-state index in [9.17, 15) is 19.2 Å². The highest BCUT2D eigenvalue weighted by atomic mass is 16.5. The average Bonchev–Trinajstić information content (AvgIpc) is 2.61. The first-order valence-electron chi connectivity index (χ1n) is 8.77. The predicted octanol–water partition coefficient (Wildman–Crippen LogP) is 1.28. The molecule has 0 aliphatic carbocycles. The lowest BCUT2D eigenvalue weighted by Gasteiger charge is -2.24. The molecule has 3 amide bonds. The standard InChI is InChI=1S/C19H27N3O5/c1-12(2)16(18(25)21-15(17(20)24)10-9-13(3)23)22-19(26)27-11-14-7-5-4-6-8-14/h4-8,12,15-16H,9-11H2,1-3H3,(H2,20,24)(H,21,25)(H,22,26)/t15-,16+/m1/s1. The van der Waals surface area contributed by atoms with Gasteiger partial charge in [-0.1, -0.05) is 44.2 Å². The van der Waals surface area contributed by atoms with Crippen molar-refractivity contribution in [2.45, 2.75) is 52.3 Å². The Morgan fingerprint density at radius 3 is 2.22 bits per heavy atom. The highest BCUT2D eigenvalue weighted by Gasteiger charge is 2.28. The SMILES string of the molecule is CC(=O)CC[C@@H](NC(=O)[C@@H](NC(=O)OCc1ccccc1)C(C)C)C(N)=O. The lowest BCUT2D eigenvalue weighted by molar-refractivity contribution is -0.129. The zero-order valence-electron chi connectivity index (χ0n) is 15.9. The number of alkyl carbamates (subject to hydrolysis) is 1. The van der Waals surface area contributed by atoms with Gasteiger partial charge in [-0.3, -0.25) is 9.59 Å². The molecule has 4 N–H and O–H groups in total. The lowest BCUT2D eigenvalue weighted by atomic mass is 10.0. The Kier molecular flexibility index (Phi) is 8.98. The number of ketones is 1. The first-order valence-corrected chi connectivity index (χ1v) is 8.77. The summed E-state index contributed by atoms with van der Waals surface area (Å²) in [5.41, 5.74) is 6.10. The molecule has 0 unspecified atom stereocenters. The maximum absolute atomic E-state index is 12.5. The summed E-state index contributed by atoms with van der Waals surface area (Å²) in [7, 11) is 0. The van der Waals surface area contributed by atoms with Gasteiger partial charge in [0, 0.05) is 6.42 Å². The second-order valence-electron chi connectivity index (χ2n) is 6.63. The summed E-state index contributed by atoms with van der Waals surface area (Å²) >= 11 is 0. The fourth-order valence-electron chi connectivity index (χ4n) is 2.32. The maximum Gasteiger partial charge on any atom is 0.408 e. The first kappa shape index (κ1) is 22.1. The van der Waals surface area contributed by atoms with Crippen LogP contribution in [0.25, 0.3) is 0 Å². The normalized spacial score (nSPS) is 12.7.